The first-order valence-electron chi connectivity index (χ1n) is 4.46. The lowest BCUT2D eigenvalue weighted by Crippen LogP contribution is -2.19. The number of hydrogen-bond donors (Lipinski definition) is 0. The van der Waals surface area contributed by atoms with E-state index in [-0.39, 0.29) is 5.91 Å². The second-order valence-electron chi connectivity index (χ2n) is 3.34. The van der Waals surface area contributed by atoms with E-state index in [9.17, 15) is 4.79 Å². The van der Waals surface area contributed by atoms with Crippen molar-refractivity contribution in [2.45, 2.75) is 19.4 Å². The van der Waals surface area contributed by atoms with Gasteiger partial charge in [-0.1, -0.05) is 29.8 Å². The largest absolute Gasteiger partial charge is 0.577 e. The van der Waals surface area contributed by atoms with Gasteiger partial charge in [0.2, 0.25) is 0 Å². The minimum atomic E-state index is -0.474. The molecule has 0 fully saturated rings. The molecule has 0 saturated carbocycles. The normalized spacial score (nSPS) is 19.8. The van der Waals surface area contributed by atoms with Gasteiger partial charge in [-0.3, -0.25) is 0 Å². The molecule has 0 spiro atoms. The molecule has 2 rings (SSSR count). The summed E-state index contributed by atoms with van der Waals surface area (Å²) in [5.74, 6) is -0.245. The lowest BCUT2D eigenvalue weighted by Gasteiger charge is -2.13. The quantitative estimate of drug-likeness (QED) is 0.657. The predicted octanol–water partition coefficient (Wildman–Crippen LogP) is 1.37. The zero-order valence-electron chi connectivity index (χ0n) is 7.86. The molecule has 3 heteroatoms. The van der Waals surface area contributed by atoms with Gasteiger partial charge in [0.25, 0.3) is 0 Å². The Hall–Kier alpha value is -1.64. The highest BCUT2D eigenvalue weighted by Crippen LogP contribution is 2.11. The van der Waals surface area contributed by atoms with Crippen LogP contribution in [0.25, 0.3) is 0 Å². The first kappa shape index (κ1) is 8.94. The van der Waals surface area contributed by atoms with E-state index >= 15 is 0 Å². The van der Waals surface area contributed by atoms with Gasteiger partial charge in [-0.15, -0.1) is 0 Å². The Kier molecular flexibility index (Phi) is 2.31. The highest BCUT2D eigenvalue weighted by atomic mass is 16.5. The zero-order valence-corrected chi connectivity index (χ0v) is 7.86. The molecule has 1 unspecified atom stereocenters. The van der Waals surface area contributed by atoms with Crippen LogP contribution in [0.4, 0.5) is 0 Å². The number of amides is 1. The van der Waals surface area contributed by atoms with Crippen LogP contribution in [-0.4, -0.2) is 18.4 Å². The van der Waals surface area contributed by atoms with Crippen molar-refractivity contribution in [2.75, 3.05) is 0 Å². The average molecular weight is 188 g/mol. The molecule has 72 valence electrons. The maximum atomic E-state index is 11.1. The second kappa shape index (κ2) is 3.62. The molecule has 1 aromatic carbocycles. The molecular formula is C11H10NO2-. The summed E-state index contributed by atoms with van der Waals surface area (Å²) >= 11 is 0. The van der Waals surface area contributed by atoms with Crippen LogP contribution in [-0.2, 0) is 16.0 Å². The van der Waals surface area contributed by atoms with Crippen LogP contribution in [0.1, 0.15) is 11.1 Å². The SMILES string of the molecule is Cc1ccc(CC2O[C-]=NC2=O)cc1. The Bertz CT molecular complexity index is 367. The number of rotatable bonds is 2. The van der Waals surface area contributed by atoms with Crippen LogP contribution in [0.2, 0.25) is 0 Å². The summed E-state index contributed by atoms with van der Waals surface area (Å²) in [6, 6.07) is 8.01. The Balaban J connectivity index is 2.04. The number of carbonyl (C=O) groups is 1. The Morgan fingerprint density at radius 3 is 2.71 bits per heavy atom. The number of ether oxygens (including phenoxy) is 1. The molecule has 1 atom stereocenters. The third-order valence-electron chi connectivity index (χ3n) is 2.17. The molecular weight excluding hydrogens is 178 g/mol. The van der Waals surface area contributed by atoms with Crippen LogP contribution in [0.15, 0.2) is 29.3 Å². The highest BCUT2D eigenvalue weighted by Gasteiger charge is 2.13. The van der Waals surface area contributed by atoms with E-state index in [1.54, 1.807) is 0 Å². The first-order chi connectivity index (χ1) is 6.75. The van der Waals surface area contributed by atoms with Gasteiger partial charge in [-0.2, -0.15) is 0 Å². The number of aryl methyl sites for hydroxylation is 1. The molecule has 14 heavy (non-hydrogen) atoms. The van der Waals surface area contributed by atoms with Crippen molar-refractivity contribution in [2.24, 2.45) is 4.99 Å². The summed E-state index contributed by atoms with van der Waals surface area (Å²) in [5.41, 5.74) is 2.28. The Morgan fingerprint density at radius 1 is 1.43 bits per heavy atom. The van der Waals surface area contributed by atoms with Crippen LogP contribution < -0.4 is 0 Å². The lowest BCUT2D eigenvalue weighted by atomic mass is 10.1. The smallest absolute Gasteiger partial charge is 0.128 e. The van der Waals surface area contributed by atoms with Gasteiger partial charge in [-0.25, -0.2) is 0 Å². The Morgan fingerprint density at radius 2 is 2.14 bits per heavy atom. The second-order valence-corrected chi connectivity index (χ2v) is 3.34. The fourth-order valence-corrected chi connectivity index (χ4v) is 1.32. The lowest BCUT2D eigenvalue weighted by molar-refractivity contribution is -0.122. The molecule has 1 heterocycles. The van der Waals surface area contributed by atoms with Crippen LogP contribution in [0.5, 0.6) is 0 Å². The van der Waals surface area contributed by atoms with E-state index in [0.29, 0.717) is 6.42 Å². The molecule has 1 aliphatic rings. The third kappa shape index (κ3) is 1.82. The minimum absolute atomic E-state index is 0.245. The molecule has 0 N–H and O–H groups in total. The number of carbonyl (C=O) groups excluding carboxylic acids is 1. The fourth-order valence-electron chi connectivity index (χ4n) is 1.32. The number of benzene rings is 1. The summed E-state index contributed by atoms with van der Waals surface area (Å²) in [6.45, 7) is 2.03. The van der Waals surface area contributed by atoms with Crippen molar-refractivity contribution >= 4 is 12.3 Å². The van der Waals surface area contributed by atoms with E-state index in [2.05, 4.69) is 11.4 Å². The van der Waals surface area contributed by atoms with E-state index in [4.69, 9.17) is 4.74 Å². The van der Waals surface area contributed by atoms with Gasteiger partial charge < -0.3 is 14.5 Å². The minimum Gasteiger partial charge on any atom is -0.577 e. The van der Waals surface area contributed by atoms with E-state index in [1.165, 1.54) is 5.56 Å². The molecule has 0 aliphatic carbocycles. The summed E-state index contributed by atoms with van der Waals surface area (Å²) in [7, 11) is 0. The summed E-state index contributed by atoms with van der Waals surface area (Å²) < 4.78 is 4.93. The maximum Gasteiger partial charge on any atom is 0.128 e. The number of aliphatic imine (C=N–C) groups is 1. The molecule has 1 aromatic rings. The van der Waals surface area contributed by atoms with Gasteiger partial charge in [0.05, 0.1) is 6.10 Å². The van der Waals surface area contributed by atoms with Gasteiger partial charge >= 0.3 is 0 Å². The molecule has 0 saturated heterocycles. The molecule has 3 nitrogen and oxygen atoms in total. The van der Waals surface area contributed by atoms with E-state index in [1.807, 2.05) is 31.2 Å². The van der Waals surface area contributed by atoms with E-state index < -0.39 is 6.10 Å². The van der Waals surface area contributed by atoms with E-state index in [0.717, 1.165) is 5.56 Å². The van der Waals surface area contributed by atoms with Gasteiger partial charge in [0.15, 0.2) is 0 Å². The van der Waals surface area contributed by atoms with Crippen LogP contribution in [0, 0.1) is 6.92 Å². The summed E-state index contributed by atoms with van der Waals surface area (Å²) in [4.78, 5) is 14.5. The number of nitrogens with zero attached hydrogens (tertiary/aromatic N) is 1. The van der Waals surface area contributed by atoms with Crippen molar-refractivity contribution in [1.82, 2.24) is 0 Å². The summed E-state index contributed by atoms with van der Waals surface area (Å²) in [5, 5.41) is 0. The molecule has 0 aromatic heterocycles. The van der Waals surface area contributed by atoms with Crippen LogP contribution >= 0.6 is 0 Å². The van der Waals surface area contributed by atoms with Crippen molar-refractivity contribution < 1.29 is 9.53 Å². The standard InChI is InChI=1S/C11H10NO2/c1-8-2-4-9(5-3-8)6-10-11(13)12-7-14-10/h2-5,10H,6H2,1H3/q-1. The fraction of sp³-hybridized carbons (Fsp3) is 0.273. The zero-order chi connectivity index (χ0) is 9.97. The van der Waals surface area contributed by atoms with Gasteiger partial charge in [-0.05, 0) is 18.9 Å². The van der Waals surface area contributed by atoms with Gasteiger partial charge in [0, 0.05) is 6.40 Å². The average Bonchev–Trinajstić information content (AvgIpc) is 2.56. The maximum absolute atomic E-state index is 11.1. The molecule has 0 radical (unpaired) electrons. The van der Waals surface area contributed by atoms with Crippen LogP contribution in [0.3, 0.4) is 0 Å². The first-order valence-corrected chi connectivity index (χ1v) is 4.46. The van der Waals surface area contributed by atoms with Crippen molar-refractivity contribution in [3.63, 3.8) is 0 Å². The number of hydrogen-bond acceptors (Lipinski definition) is 2. The molecule has 1 amide bonds. The highest BCUT2D eigenvalue weighted by molar-refractivity contribution is 5.91. The third-order valence-corrected chi connectivity index (χ3v) is 2.17. The van der Waals surface area contributed by atoms with Crippen molar-refractivity contribution in [3.8, 4) is 0 Å². The van der Waals surface area contributed by atoms with Gasteiger partial charge in [0.1, 0.15) is 5.91 Å². The van der Waals surface area contributed by atoms with Crippen molar-refractivity contribution in [1.29, 1.82) is 0 Å². The molecule has 0 bridgehead atoms. The van der Waals surface area contributed by atoms with Crippen molar-refractivity contribution in [3.05, 3.63) is 35.4 Å². The topological polar surface area (TPSA) is 38.7 Å². The predicted molar refractivity (Wildman–Crippen MR) is 52.2 cm³/mol. The monoisotopic (exact) mass is 188 g/mol. The summed E-state index contributed by atoms with van der Waals surface area (Å²) in [6.07, 6.45) is 2.32. The Labute approximate surface area is 82.4 Å². The molecule has 1 aliphatic heterocycles.